The molecule has 12 heavy (non-hydrogen) atoms. The molecule has 0 radical (unpaired) electrons. The average Bonchev–Trinajstić information content (AvgIpc) is 1.96. The lowest BCUT2D eigenvalue weighted by atomic mass is 10.2. The molecule has 0 amide bonds. The number of aromatic amines is 2. The van der Waals surface area contributed by atoms with E-state index >= 15 is 0 Å². The fourth-order valence-electron chi connectivity index (χ4n) is 1.04. The third-order valence-corrected chi connectivity index (χ3v) is 2.04. The summed E-state index contributed by atoms with van der Waals surface area (Å²) in [5, 5.41) is 0. The minimum atomic E-state index is -0.106. The van der Waals surface area contributed by atoms with Crippen LogP contribution in [0.4, 0.5) is 0 Å². The van der Waals surface area contributed by atoms with Gasteiger partial charge in [-0.2, -0.15) is 12.6 Å². The monoisotopic (exact) mass is 202 g/mol. The highest BCUT2D eigenvalue weighted by molar-refractivity contribution is 7.80. The molecule has 0 atom stereocenters. The van der Waals surface area contributed by atoms with E-state index in [1.807, 2.05) is 6.92 Å². The van der Waals surface area contributed by atoms with Crippen molar-refractivity contribution in [1.29, 1.82) is 0 Å². The van der Waals surface area contributed by atoms with Crippen molar-refractivity contribution >= 4 is 24.8 Å². The summed E-state index contributed by atoms with van der Waals surface area (Å²) in [4.78, 5) is 16.7. The van der Waals surface area contributed by atoms with Gasteiger partial charge >= 0.3 is 0 Å². The lowest BCUT2D eigenvalue weighted by Crippen LogP contribution is -2.16. The highest BCUT2D eigenvalue weighted by Gasteiger charge is 2.02. The van der Waals surface area contributed by atoms with Gasteiger partial charge in [-0.3, -0.25) is 9.78 Å². The first-order valence-electron chi connectivity index (χ1n) is 3.58. The van der Waals surface area contributed by atoms with Crippen LogP contribution in [0, 0.1) is 11.7 Å². The summed E-state index contributed by atoms with van der Waals surface area (Å²) in [6.07, 6.45) is 0.663. The van der Waals surface area contributed by atoms with E-state index in [0.717, 1.165) is 11.3 Å². The minimum absolute atomic E-state index is 0.106. The summed E-state index contributed by atoms with van der Waals surface area (Å²) < 4.78 is 0.375. The maximum absolute atomic E-state index is 11.3. The minimum Gasteiger partial charge on any atom is -0.336 e. The molecule has 0 bridgehead atoms. The number of hydrogen-bond acceptors (Lipinski definition) is 3. The number of aromatic nitrogens is 2. The van der Waals surface area contributed by atoms with Gasteiger partial charge in [0.15, 0.2) is 4.77 Å². The third kappa shape index (κ3) is 1.98. The molecule has 66 valence electrons. The van der Waals surface area contributed by atoms with Gasteiger partial charge in [-0.15, -0.1) is 0 Å². The second-order valence-electron chi connectivity index (χ2n) is 2.49. The van der Waals surface area contributed by atoms with E-state index in [0.29, 0.717) is 16.9 Å². The Bertz CT molecular complexity index is 380. The van der Waals surface area contributed by atoms with E-state index in [2.05, 4.69) is 22.6 Å². The Labute approximate surface area is 80.6 Å². The predicted octanol–water partition coefficient (Wildman–Crippen LogP) is 1.21. The van der Waals surface area contributed by atoms with Crippen LogP contribution in [0.2, 0.25) is 0 Å². The molecule has 1 heterocycles. The molecular formula is C7H10N2OS2. The summed E-state index contributed by atoms with van der Waals surface area (Å²) in [6.45, 7) is 1.84. The first kappa shape index (κ1) is 9.54. The van der Waals surface area contributed by atoms with Crippen LogP contribution in [0.1, 0.15) is 11.3 Å². The van der Waals surface area contributed by atoms with Crippen LogP contribution in [0.5, 0.6) is 0 Å². The van der Waals surface area contributed by atoms with Crippen molar-refractivity contribution < 1.29 is 0 Å². The Hall–Kier alpha value is -0.550. The molecule has 0 saturated heterocycles. The van der Waals surface area contributed by atoms with Gasteiger partial charge < -0.3 is 4.98 Å². The molecule has 5 heteroatoms. The quantitative estimate of drug-likeness (QED) is 0.499. The maximum Gasteiger partial charge on any atom is 0.255 e. The van der Waals surface area contributed by atoms with Crippen LogP contribution >= 0.6 is 24.8 Å². The first-order valence-corrected chi connectivity index (χ1v) is 4.62. The van der Waals surface area contributed by atoms with Crippen molar-refractivity contribution in [3.8, 4) is 0 Å². The van der Waals surface area contributed by atoms with Crippen LogP contribution in [-0.4, -0.2) is 15.7 Å². The zero-order chi connectivity index (χ0) is 9.14. The fraction of sp³-hybridized carbons (Fsp3) is 0.429. The second kappa shape index (κ2) is 3.91. The number of nitrogens with one attached hydrogen (secondary N) is 2. The van der Waals surface area contributed by atoms with E-state index in [1.165, 1.54) is 0 Å². The number of hydrogen-bond donors (Lipinski definition) is 3. The third-order valence-electron chi connectivity index (χ3n) is 1.62. The summed E-state index contributed by atoms with van der Waals surface area (Å²) in [6, 6.07) is 0. The van der Waals surface area contributed by atoms with E-state index < -0.39 is 0 Å². The predicted molar refractivity (Wildman–Crippen MR) is 54.5 cm³/mol. The lowest BCUT2D eigenvalue weighted by Gasteiger charge is -2.01. The Kier molecular flexibility index (Phi) is 3.11. The van der Waals surface area contributed by atoms with Gasteiger partial charge in [-0.1, -0.05) is 0 Å². The average molecular weight is 202 g/mol. The summed E-state index contributed by atoms with van der Waals surface area (Å²) in [7, 11) is 0. The van der Waals surface area contributed by atoms with E-state index in [9.17, 15) is 4.79 Å². The molecule has 0 aromatic carbocycles. The number of H-pyrrole nitrogens is 2. The zero-order valence-electron chi connectivity index (χ0n) is 6.68. The number of thiol groups is 1. The van der Waals surface area contributed by atoms with Crippen LogP contribution in [0.15, 0.2) is 4.79 Å². The van der Waals surface area contributed by atoms with E-state index in [4.69, 9.17) is 12.2 Å². The molecule has 0 spiro atoms. The molecule has 0 unspecified atom stereocenters. The molecule has 1 aromatic heterocycles. The van der Waals surface area contributed by atoms with Crippen molar-refractivity contribution in [2.24, 2.45) is 0 Å². The fourth-order valence-corrected chi connectivity index (χ4v) is 1.51. The van der Waals surface area contributed by atoms with Gasteiger partial charge in [0.2, 0.25) is 0 Å². The van der Waals surface area contributed by atoms with Crippen molar-refractivity contribution in [2.45, 2.75) is 13.3 Å². The number of rotatable bonds is 2. The van der Waals surface area contributed by atoms with Crippen LogP contribution in [0.25, 0.3) is 0 Å². The number of aryl methyl sites for hydroxylation is 1. The van der Waals surface area contributed by atoms with Gasteiger partial charge in [0.25, 0.3) is 5.56 Å². The summed E-state index contributed by atoms with van der Waals surface area (Å²) in [5.41, 5.74) is 1.46. The molecule has 2 N–H and O–H groups in total. The normalized spacial score (nSPS) is 10.2. The standard InChI is InChI=1S/C7H10N2OS2/c1-4-5(2-3-11)6(10)9-7(12)8-4/h11H,2-3H2,1H3,(H2,8,9,10,12). The zero-order valence-corrected chi connectivity index (χ0v) is 8.39. The topological polar surface area (TPSA) is 48.6 Å². The largest absolute Gasteiger partial charge is 0.336 e. The molecule has 0 saturated carbocycles. The Balaban J connectivity index is 3.29. The molecule has 1 rings (SSSR count). The first-order chi connectivity index (χ1) is 5.65. The Morgan fingerprint density at radius 1 is 1.50 bits per heavy atom. The van der Waals surface area contributed by atoms with E-state index in [1.54, 1.807) is 0 Å². The second-order valence-corrected chi connectivity index (χ2v) is 3.34. The van der Waals surface area contributed by atoms with Crippen molar-refractivity contribution in [2.75, 3.05) is 5.75 Å². The molecular weight excluding hydrogens is 192 g/mol. The van der Waals surface area contributed by atoms with Crippen LogP contribution < -0.4 is 5.56 Å². The SMILES string of the molecule is Cc1[nH]c(=S)[nH]c(=O)c1CCS. The van der Waals surface area contributed by atoms with Crippen LogP contribution in [-0.2, 0) is 6.42 Å². The van der Waals surface area contributed by atoms with Gasteiger partial charge in [0.05, 0.1) is 0 Å². The molecule has 0 aliphatic carbocycles. The van der Waals surface area contributed by atoms with Crippen molar-refractivity contribution in [1.82, 2.24) is 9.97 Å². The summed E-state index contributed by atoms with van der Waals surface area (Å²) >= 11 is 8.86. The smallest absolute Gasteiger partial charge is 0.255 e. The van der Waals surface area contributed by atoms with Crippen molar-refractivity contribution in [3.63, 3.8) is 0 Å². The highest BCUT2D eigenvalue weighted by Crippen LogP contribution is 1.98. The van der Waals surface area contributed by atoms with Gasteiger partial charge in [0, 0.05) is 11.3 Å². The summed E-state index contributed by atoms with van der Waals surface area (Å²) in [5.74, 6) is 0.661. The highest BCUT2D eigenvalue weighted by atomic mass is 32.1. The lowest BCUT2D eigenvalue weighted by molar-refractivity contribution is 0.952. The molecule has 0 aliphatic heterocycles. The molecule has 3 nitrogen and oxygen atoms in total. The van der Waals surface area contributed by atoms with Crippen molar-refractivity contribution in [3.05, 3.63) is 26.4 Å². The van der Waals surface area contributed by atoms with Gasteiger partial charge in [0.1, 0.15) is 0 Å². The Morgan fingerprint density at radius 2 is 2.17 bits per heavy atom. The van der Waals surface area contributed by atoms with Gasteiger partial charge in [-0.05, 0) is 31.3 Å². The maximum atomic E-state index is 11.3. The van der Waals surface area contributed by atoms with Crippen LogP contribution in [0.3, 0.4) is 0 Å². The van der Waals surface area contributed by atoms with E-state index in [-0.39, 0.29) is 5.56 Å². The van der Waals surface area contributed by atoms with Gasteiger partial charge in [-0.25, -0.2) is 0 Å². The molecule has 1 aromatic rings. The Morgan fingerprint density at radius 3 is 2.67 bits per heavy atom. The molecule has 0 fully saturated rings. The molecule has 0 aliphatic rings.